The van der Waals surface area contributed by atoms with Crippen molar-refractivity contribution in [2.24, 2.45) is 11.8 Å². The van der Waals surface area contributed by atoms with Crippen molar-refractivity contribution in [3.63, 3.8) is 0 Å². The summed E-state index contributed by atoms with van der Waals surface area (Å²) < 4.78 is 0. The molecule has 0 saturated carbocycles. The minimum absolute atomic E-state index is 0.0973. The number of carbonyl (C=O) groups excluding carboxylic acids is 1. The molecule has 3 atom stereocenters. The first kappa shape index (κ1) is 13.5. The van der Waals surface area contributed by atoms with Crippen molar-refractivity contribution < 1.29 is 24.6 Å². The molecular weight excluding hydrogens is 226 g/mol. The van der Waals surface area contributed by atoms with Gasteiger partial charge in [-0.3, -0.25) is 14.4 Å². The summed E-state index contributed by atoms with van der Waals surface area (Å²) in [5.74, 6) is -4.32. The van der Waals surface area contributed by atoms with Crippen molar-refractivity contribution >= 4 is 17.8 Å². The van der Waals surface area contributed by atoms with Gasteiger partial charge in [0.2, 0.25) is 5.91 Å². The van der Waals surface area contributed by atoms with E-state index in [0.717, 1.165) is 0 Å². The maximum absolute atomic E-state index is 11.9. The lowest BCUT2D eigenvalue weighted by molar-refractivity contribution is -0.154. The van der Waals surface area contributed by atoms with Crippen LogP contribution in [-0.2, 0) is 14.4 Å². The summed E-state index contributed by atoms with van der Waals surface area (Å²) in [7, 11) is 0. The summed E-state index contributed by atoms with van der Waals surface area (Å²) in [6.07, 6.45) is 1.12. The second kappa shape index (κ2) is 5.16. The Morgan fingerprint density at radius 1 is 1.24 bits per heavy atom. The van der Waals surface area contributed by atoms with E-state index in [-0.39, 0.29) is 12.6 Å². The van der Waals surface area contributed by atoms with E-state index in [1.807, 2.05) is 6.92 Å². The fraction of sp³-hybridized carbons (Fsp3) is 0.727. The van der Waals surface area contributed by atoms with Crippen LogP contribution in [0.3, 0.4) is 0 Å². The normalized spacial score (nSPS) is 26.4. The molecule has 1 heterocycles. The third kappa shape index (κ3) is 2.95. The SMILES string of the molecule is CC(C(=O)O)C(=O)N1CC(C(=O)O)CCC1C. The van der Waals surface area contributed by atoms with Gasteiger partial charge in [-0.25, -0.2) is 0 Å². The molecule has 1 aliphatic rings. The van der Waals surface area contributed by atoms with Gasteiger partial charge in [0.1, 0.15) is 5.92 Å². The number of carboxylic acid groups (broad SMARTS) is 2. The Labute approximate surface area is 99.2 Å². The molecule has 1 amide bonds. The number of rotatable bonds is 3. The van der Waals surface area contributed by atoms with Gasteiger partial charge in [-0.2, -0.15) is 0 Å². The lowest BCUT2D eigenvalue weighted by atomic mass is 9.92. The third-order valence-corrected chi connectivity index (χ3v) is 3.26. The second-order valence-corrected chi connectivity index (χ2v) is 4.51. The number of likely N-dealkylation sites (tertiary alicyclic amines) is 1. The van der Waals surface area contributed by atoms with Gasteiger partial charge < -0.3 is 15.1 Å². The maximum atomic E-state index is 11.9. The van der Waals surface area contributed by atoms with Gasteiger partial charge >= 0.3 is 11.9 Å². The Morgan fingerprint density at radius 2 is 1.82 bits per heavy atom. The first-order valence-corrected chi connectivity index (χ1v) is 5.60. The molecule has 0 aromatic heterocycles. The van der Waals surface area contributed by atoms with Crippen LogP contribution in [0.1, 0.15) is 26.7 Å². The average Bonchev–Trinajstić information content (AvgIpc) is 2.27. The number of amides is 1. The molecule has 1 rings (SSSR count). The molecule has 6 nitrogen and oxygen atoms in total. The number of nitrogens with zero attached hydrogens (tertiary/aromatic N) is 1. The number of carboxylic acids is 2. The standard InChI is InChI=1S/C11H17NO5/c1-6-3-4-8(11(16)17)5-12(6)9(13)7(2)10(14)15/h6-8H,3-5H2,1-2H3,(H,14,15)(H,16,17). The maximum Gasteiger partial charge on any atom is 0.315 e. The molecular formula is C11H17NO5. The monoisotopic (exact) mass is 243 g/mol. The largest absolute Gasteiger partial charge is 0.481 e. The second-order valence-electron chi connectivity index (χ2n) is 4.51. The quantitative estimate of drug-likeness (QED) is 0.700. The fourth-order valence-electron chi connectivity index (χ4n) is 1.97. The summed E-state index contributed by atoms with van der Waals surface area (Å²) in [4.78, 5) is 34.9. The molecule has 0 spiro atoms. The molecule has 3 unspecified atom stereocenters. The molecule has 2 N–H and O–H groups in total. The Balaban J connectivity index is 2.76. The molecule has 0 bridgehead atoms. The van der Waals surface area contributed by atoms with Gasteiger partial charge in [-0.1, -0.05) is 0 Å². The number of piperidine rings is 1. The van der Waals surface area contributed by atoms with Crippen LogP contribution in [0, 0.1) is 11.8 Å². The Bertz CT molecular complexity index is 341. The van der Waals surface area contributed by atoms with Crippen molar-refractivity contribution in [1.29, 1.82) is 0 Å². The molecule has 0 aromatic carbocycles. The molecule has 96 valence electrons. The zero-order valence-electron chi connectivity index (χ0n) is 9.92. The molecule has 6 heteroatoms. The molecule has 0 aliphatic carbocycles. The van der Waals surface area contributed by atoms with Crippen molar-refractivity contribution in [1.82, 2.24) is 4.90 Å². The number of hydrogen-bond donors (Lipinski definition) is 2. The van der Waals surface area contributed by atoms with E-state index in [9.17, 15) is 14.4 Å². The Hall–Kier alpha value is -1.59. The van der Waals surface area contributed by atoms with Crippen LogP contribution >= 0.6 is 0 Å². The van der Waals surface area contributed by atoms with Crippen LogP contribution in [0.2, 0.25) is 0 Å². The van der Waals surface area contributed by atoms with E-state index in [4.69, 9.17) is 10.2 Å². The zero-order valence-corrected chi connectivity index (χ0v) is 9.92. The fourth-order valence-corrected chi connectivity index (χ4v) is 1.97. The van der Waals surface area contributed by atoms with Crippen LogP contribution in [0.5, 0.6) is 0 Å². The van der Waals surface area contributed by atoms with Crippen LogP contribution in [0.4, 0.5) is 0 Å². The molecule has 1 saturated heterocycles. The predicted molar refractivity (Wildman–Crippen MR) is 58.3 cm³/mol. The van der Waals surface area contributed by atoms with Crippen LogP contribution in [0.15, 0.2) is 0 Å². The number of hydrogen-bond acceptors (Lipinski definition) is 3. The minimum atomic E-state index is -1.18. The summed E-state index contributed by atoms with van der Waals surface area (Å²) in [5, 5.41) is 17.7. The minimum Gasteiger partial charge on any atom is -0.481 e. The molecule has 1 aliphatic heterocycles. The summed E-state index contributed by atoms with van der Waals surface area (Å²) in [6.45, 7) is 3.24. The summed E-state index contributed by atoms with van der Waals surface area (Å²) >= 11 is 0. The molecule has 0 aromatic rings. The van der Waals surface area contributed by atoms with E-state index < -0.39 is 29.7 Å². The molecule has 17 heavy (non-hydrogen) atoms. The van der Waals surface area contributed by atoms with E-state index in [1.165, 1.54) is 11.8 Å². The smallest absolute Gasteiger partial charge is 0.315 e. The lowest BCUT2D eigenvalue weighted by Crippen LogP contribution is -2.50. The third-order valence-electron chi connectivity index (χ3n) is 3.26. The van der Waals surface area contributed by atoms with E-state index >= 15 is 0 Å². The van der Waals surface area contributed by atoms with Crippen molar-refractivity contribution in [2.45, 2.75) is 32.7 Å². The highest BCUT2D eigenvalue weighted by molar-refractivity contribution is 5.96. The Morgan fingerprint density at radius 3 is 2.29 bits per heavy atom. The zero-order chi connectivity index (χ0) is 13.2. The summed E-state index contributed by atoms with van der Waals surface area (Å²) in [6, 6.07) is -0.0973. The highest BCUT2D eigenvalue weighted by Crippen LogP contribution is 2.23. The van der Waals surface area contributed by atoms with E-state index in [1.54, 1.807) is 0 Å². The highest BCUT2D eigenvalue weighted by atomic mass is 16.4. The van der Waals surface area contributed by atoms with Gasteiger partial charge in [-0.15, -0.1) is 0 Å². The summed E-state index contributed by atoms with van der Waals surface area (Å²) in [5.41, 5.74) is 0. The van der Waals surface area contributed by atoms with Gasteiger partial charge in [0.25, 0.3) is 0 Å². The van der Waals surface area contributed by atoms with E-state index in [0.29, 0.717) is 12.8 Å². The Kier molecular flexibility index (Phi) is 4.09. The van der Waals surface area contributed by atoms with E-state index in [2.05, 4.69) is 0 Å². The highest BCUT2D eigenvalue weighted by Gasteiger charge is 2.36. The van der Waals surface area contributed by atoms with Crippen LogP contribution < -0.4 is 0 Å². The van der Waals surface area contributed by atoms with Crippen LogP contribution in [-0.4, -0.2) is 45.5 Å². The average molecular weight is 243 g/mol. The van der Waals surface area contributed by atoms with Gasteiger partial charge in [0.15, 0.2) is 0 Å². The number of aliphatic carboxylic acids is 2. The predicted octanol–water partition coefficient (Wildman–Crippen LogP) is 0.419. The first-order chi connectivity index (χ1) is 7.84. The first-order valence-electron chi connectivity index (χ1n) is 5.60. The number of carbonyl (C=O) groups is 3. The molecule has 0 radical (unpaired) electrons. The van der Waals surface area contributed by atoms with Gasteiger partial charge in [0, 0.05) is 12.6 Å². The topological polar surface area (TPSA) is 94.9 Å². The van der Waals surface area contributed by atoms with Gasteiger partial charge in [-0.05, 0) is 26.7 Å². The van der Waals surface area contributed by atoms with Gasteiger partial charge in [0.05, 0.1) is 5.92 Å². The van der Waals surface area contributed by atoms with Crippen molar-refractivity contribution in [2.75, 3.05) is 6.54 Å². The van der Waals surface area contributed by atoms with Crippen LogP contribution in [0.25, 0.3) is 0 Å². The lowest BCUT2D eigenvalue weighted by Gasteiger charge is -2.37. The van der Waals surface area contributed by atoms with Crippen molar-refractivity contribution in [3.05, 3.63) is 0 Å². The van der Waals surface area contributed by atoms with Crippen molar-refractivity contribution in [3.8, 4) is 0 Å². The molecule has 1 fully saturated rings.